The summed E-state index contributed by atoms with van der Waals surface area (Å²) in [6, 6.07) is 9.19. The second-order valence-electron chi connectivity index (χ2n) is 6.22. The maximum Gasteiger partial charge on any atom is 0.124 e. The minimum Gasteiger partial charge on any atom is -0.494 e. The lowest BCUT2D eigenvalue weighted by Gasteiger charge is -2.41. The zero-order valence-electron chi connectivity index (χ0n) is 13.7. The van der Waals surface area contributed by atoms with E-state index in [0.717, 1.165) is 11.7 Å². The maximum atomic E-state index is 6.13. The topological polar surface area (TPSA) is 38.5 Å². The number of para-hydroxylation sites is 1. The van der Waals surface area contributed by atoms with E-state index in [9.17, 15) is 0 Å². The van der Waals surface area contributed by atoms with Gasteiger partial charge in [-0.2, -0.15) is 0 Å². The molecule has 3 nitrogen and oxygen atoms in total. The van der Waals surface area contributed by atoms with Gasteiger partial charge in [-0.3, -0.25) is 4.90 Å². The van der Waals surface area contributed by atoms with E-state index < -0.39 is 0 Å². The first-order chi connectivity index (χ1) is 10.2. The molecular weight excluding hydrogens is 260 g/mol. The van der Waals surface area contributed by atoms with Crippen LogP contribution in [0.3, 0.4) is 0 Å². The first-order valence-electron chi connectivity index (χ1n) is 8.32. The number of hydrogen-bond acceptors (Lipinski definition) is 3. The first kappa shape index (κ1) is 16.3. The fraction of sp³-hybridized carbons (Fsp3) is 0.667. The molecule has 2 N–H and O–H groups in total. The summed E-state index contributed by atoms with van der Waals surface area (Å²) in [5.74, 6) is 1.72. The van der Waals surface area contributed by atoms with Crippen molar-refractivity contribution >= 4 is 0 Å². The number of benzene rings is 1. The molecule has 1 aromatic carbocycles. The number of hydrogen-bond donors (Lipinski definition) is 1. The second-order valence-corrected chi connectivity index (χ2v) is 6.22. The molecule has 0 spiro atoms. The molecule has 1 fully saturated rings. The van der Waals surface area contributed by atoms with Gasteiger partial charge in [0.15, 0.2) is 0 Å². The van der Waals surface area contributed by atoms with Gasteiger partial charge in [-0.25, -0.2) is 0 Å². The van der Waals surface area contributed by atoms with Crippen LogP contribution in [0.2, 0.25) is 0 Å². The summed E-state index contributed by atoms with van der Waals surface area (Å²) in [7, 11) is 2.23. The number of ether oxygens (including phenoxy) is 1. The third-order valence-electron chi connectivity index (χ3n) is 4.88. The van der Waals surface area contributed by atoms with Gasteiger partial charge in [0.05, 0.1) is 12.6 Å². The Morgan fingerprint density at radius 3 is 2.67 bits per heavy atom. The van der Waals surface area contributed by atoms with E-state index in [1.807, 2.05) is 13.0 Å². The van der Waals surface area contributed by atoms with Gasteiger partial charge in [0, 0.05) is 18.2 Å². The highest BCUT2D eigenvalue weighted by Gasteiger charge is 2.30. The van der Waals surface area contributed by atoms with Crippen molar-refractivity contribution in [3.63, 3.8) is 0 Å². The van der Waals surface area contributed by atoms with Crippen molar-refractivity contribution in [3.05, 3.63) is 29.8 Å². The van der Waals surface area contributed by atoms with Gasteiger partial charge in [0.25, 0.3) is 0 Å². The molecule has 1 aliphatic rings. The van der Waals surface area contributed by atoms with Crippen LogP contribution in [0.4, 0.5) is 0 Å². The van der Waals surface area contributed by atoms with Gasteiger partial charge in [-0.05, 0) is 38.8 Å². The molecule has 0 bridgehead atoms. The molecule has 3 atom stereocenters. The van der Waals surface area contributed by atoms with Crippen LogP contribution in [0, 0.1) is 5.92 Å². The van der Waals surface area contributed by atoms with Gasteiger partial charge in [-0.1, -0.05) is 38.0 Å². The van der Waals surface area contributed by atoms with Crippen LogP contribution in [0.5, 0.6) is 5.75 Å². The molecule has 1 aliphatic carbocycles. The van der Waals surface area contributed by atoms with Crippen LogP contribution in [0.1, 0.15) is 51.1 Å². The predicted octanol–water partition coefficient (Wildman–Crippen LogP) is 3.60. The monoisotopic (exact) mass is 290 g/mol. The number of nitrogens with two attached hydrogens (primary N) is 1. The maximum absolute atomic E-state index is 6.13. The number of likely N-dealkylation sites (N-methyl/N-ethyl adjacent to an activating group) is 1. The van der Waals surface area contributed by atoms with Crippen LogP contribution >= 0.6 is 0 Å². The van der Waals surface area contributed by atoms with Gasteiger partial charge in [0.1, 0.15) is 5.75 Å². The molecule has 2 rings (SSSR count). The minimum absolute atomic E-state index is 0.235. The van der Waals surface area contributed by atoms with E-state index in [0.29, 0.717) is 19.2 Å². The molecule has 0 saturated heterocycles. The highest BCUT2D eigenvalue weighted by Crippen LogP contribution is 2.35. The summed E-state index contributed by atoms with van der Waals surface area (Å²) in [6.07, 6.45) is 5.32. The Morgan fingerprint density at radius 1 is 1.29 bits per heavy atom. The summed E-state index contributed by atoms with van der Waals surface area (Å²) in [5.41, 5.74) is 7.35. The second kappa shape index (κ2) is 7.81. The Kier molecular flexibility index (Phi) is 6.07. The molecule has 0 aromatic heterocycles. The largest absolute Gasteiger partial charge is 0.494 e. The van der Waals surface area contributed by atoms with Gasteiger partial charge in [0.2, 0.25) is 0 Å². The lowest BCUT2D eigenvalue weighted by atomic mass is 9.84. The fourth-order valence-electron chi connectivity index (χ4n) is 3.69. The minimum atomic E-state index is 0.235. The molecule has 0 aliphatic heterocycles. The van der Waals surface area contributed by atoms with E-state index in [4.69, 9.17) is 10.5 Å². The Hall–Kier alpha value is -1.06. The molecule has 1 aromatic rings. The van der Waals surface area contributed by atoms with Crippen LogP contribution in [0.15, 0.2) is 24.3 Å². The van der Waals surface area contributed by atoms with Crippen molar-refractivity contribution in [1.82, 2.24) is 4.90 Å². The first-order valence-corrected chi connectivity index (χ1v) is 8.32. The molecule has 3 unspecified atom stereocenters. The average Bonchev–Trinajstić information content (AvgIpc) is 2.50. The molecule has 0 amide bonds. The van der Waals surface area contributed by atoms with Crippen molar-refractivity contribution in [2.24, 2.45) is 11.7 Å². The number of rotatable bonds is 6. The Labute approximate surface area is 129 Å². The summed E-state index contributed by atoms with van der Waals surface area (Å²) in [4.78, 5) is 2.49. The van der Waals surface area contributed by atoms with E-state index in [2.05, 4.69) is 37.1 Å². The molecule has 3 heteroatoms. The predicted molar refractivity (Wildman–Crippen MR) is 88.6 cm³/mol. The zero-order valence-corrected chi connectivity index (χ0v) is 13.7. The molecule has 0 heterocycles. The fourth-order valence-corrected chi connectivity index (χ4v) is 3.69. The van der Waals surface area contributed by atoms with E-state index in [1.165, 1.54) is 31.2 Å². The van der Waals surface area contributed by atoms with Crippen molar-refractivity contribution in [3.8, 4) is 5.75 Å². The Balaban J connectivity index is 2.22. The smallest absolute Gasteiger partial charge is 0.124 e. The van der Waals surface area contributed by atoms with Gasteiger partial charge >= 0.3 is 0 Å². The summed E-state index contributed by atoms with van der Waals surface area (Å²) in [6.45, 7) is 5.73. The Bertz CT molecular complexity index is 435. The number of nitrogens with zero attached hydrogens (tertiary/aromatic N) is 1. The van der Waals surface area contributed by atoms with Gasteiger partial charge in [-0.15, -0.1) is 0 Å². The molecular formula is C18H30N2O. The lowest BCUT2D eigenvalue weighted by molar-refractivity contribution is 0.0976. The summed E-state index contributed by atoms with van der Waals surface area (Å²) >= 11 is 0. The molecule has 21 heavy (non-hydrogen) atoms. The van der Waals surface area contributed by atoms with Crippen LogP contribution in [-0.2, 0) is 0 Å². The van der Waals surface area contributed by atoms with Crippen LogP contribution in [-0.4, -0.2) is 31.1 Å². The standard InChI is InChI=1S/C18H30N2O/c1-4-21-18-12-8-6-10-15(18)17(13-19)20(3)16-11-7-5-9-14(16)2/h6,8,10,12,14,16-17H,4-5,7,9,11,13,19H2,1-3H3. The molecule has 118 valence electrons. The van der Waals surface area contributed by atoms with Crippen molar-refractivity contribution < 1.29 is 4.74 Å². The molecule has 1 saturated carbocycles. The summed E-state index contributed by atoms with van der Waals surface area (Å²) in [5, 5.41) is 0. The van der Waals surface area contributed by atoms with Crippen LogP contribution in [0.25, 0.3) is 0 Å². The van der Waals surface area contributed by atoms with Crippen LogP contribution < -0.4 is 10.5 Å². The van der Waals surface area contributed by atoms with Crippen molar-refractivity contribution in [2.75, 3.05) is 20.2 Å². The van der Waals surface area contributed by atoms with Gasteiger partial charge < -0.3 is 10.5 Å². The zero-order chi connectivity index (χ0) is 15.2. The third kappa shape index (κ3) is 3.78. The summed E-state index contributed by atoms with van der Waals surface area (Å²) < 4.78 is 5.80. The SMILES string of the molecule is CCOc1ccccc1C(CN)N(C)C1CCCCC1C. The highest BCUT2D eigenvalue weighted by molar-refractivity contribution is 5.36. The van der Waals surface area contributed by atoms with Crippen molar-refractivity contribution in [1.29, 1.82) is 0 Å². The Morgan fingerprint density at radius 2 is 2.00 bits per heavy atom. The highest BCUT2D eigenvalue weighted by atomic mass is 16.5. The van der Waals surface area contributed by atoms with E-state index >= 15 is 0 Å². The average molecular weight is 290 g/mol. The molecule has 0 radical (unpaired) electrons. The van der Waals surface area contributed by atoms with E-state index in [1.54, 1.807) is 0 Å². The van der Waals surface area contributed by atoms with E-state index in [-0.39, 0.29) is 6.04 Å². The quantitative estimate of drug-likeness (QED) is 0.870. The van der Waals surface area contributed by atoms with Crippen molar-refractivity contribution in [2.45, 2.75) is 51.6 Å². The normalized spacial score (nSPS) is 24.0. The lowest BCUT2D eigenvalue weighted by Crippen LogP contribution is -2.43. The third-order valence-corrected chi connectivity index (χ3v) is 4.88.